The Morgan fingerprint density at radius 3 is 2.83 bits per heavy atom. The molecule has 1 aliphatic carbocycles. The third-order valence-corrected chi connectivity index (χ3v) is 4.25. The lowest BCUT2D eigenvalue weighted by Crippen LogP contribution is -2.01. The van der Waals surface area contributed by atoms with Gasteiger partial charge in [-0.3, -0.25) is 0 Å². The summed E-state index contributed by atoms with van der Waals surface area (Å²) in [5.41, 5.74) is 0. The summed E-state index contributed by atoms with van der Waals surface area (Å²) in [6.45, 7) is 2.33. The first-order chi connectivity index (χ1) is 5.77. The molecule has 2 unspecified atom stereocenters. The number of nitrogens with zero attached hydrogens (tertiary/aromatic N) is 2. The van der Waals surface area contributed by atoms with Crippen molar-refractivity contribution in [1.82, 2.24) is 9.36 Å². The van der Waals surface area contributed by atoms with Gasteiger partial charge in [-0.1, -0.05) is 19.8 Å². The van der Waals surface area contributed by atoms with E-state index in [0.717, 1.165) is 9.75 Å². The number of hydrogen-bond donors (Lipinski definition) is 0. The van der Waals surface area contributed by atoms with E-state index >= 15 is 0 Å². The molecule has 1 heterocycles. The summed E-state index contributed by atoms with van der Waals surface area (Å²) >= 11 is 3.76. The fraction of sp³-hybridized carbons (Fsp3) is 0.750. The lowest BCUT2D eigenvalue weighted by atomic mass is 9.99. The number of aromatic nitrogens is 2. The summed E-state index contributed by atoms with van der Waals surface area (Å²) in [5, 5.41) is 1.25. The number of rotatable bonds is 1. The third-order valence-electron chi connectivity index (χ3n) is 2.60. The molecule has 66 valence electrons. The second-order valence-corrected chi connectivity index (χ2v) is 5.16. The Hall–Kier alpha value is 0.290. The molecule has 1 aliphatic rings. The Bertz CT molecular complexity index is 274. The van der Waals surface area contributed by atoms with Crippen molar-refractivity contribution in [1.29, 1.82) is 0 Å². The lowest BCUT2D eigenvalue weighted by molar-refractivity contribution is 0.530. The van der Waals surface area contributed by atoms with Gasteiger partial charge in [-0.05, 0) is 23.9 Å². The number of hydrogen-bond acceptors (Lipinski definition) is 3. The number of halogens is 1. The van der Waals surface area contributed by atoms with E-state index in [1.54, 1.807) is 11.5 Å². The van der Waals surface area contributed by atoms with E-state index in [4.69, 9.17) is 0 Å². The van der Waals surface area contributed by atoms with Crippen LogP contribution in [-0.2, 0) is 0 Å². The van der Waals surface area contributed by atoms with E-state index in [0.29, 0.717) is 5.92 Å². The van der Waals surface area contributed by atoms with E-state index in [-0.39, 0.29) is 0 Å². The maximum atomic E-state index is 4.44. The van der Waals surface area contributed by atoms with Crippen LogP contribution in [0.15, 0.2) is 0 Å². The summed E-state index contributed by atoms with van der Waals surface area (Å²) in [6, 6.07) is 0. The van der Waals surface area contributed by atoms with Crippen molar-refractivity contribution in [2.24, 2.45) is 5.92 Å². The molecule has 0 N–H and O–H groups in total. The zero-order valence-corrected chi connectivity index (χ0v) is 9.93. The molecule has 0 aromatic carbocycles. The monoisotopic (exact) mass is 294 g/mol. The van der Waals surface area contributed by atoms with Crippen LogP contribution in [0.4, 0.5) is 0 Å². The zero-order valence-electron chi connectivity index (χ0n) is 6.96. The van der Waals surface area contributed by atoms with Gasteiger partial charge in [0.25, 0.3) is 0 Å². The Labute approximate surface area is 90.1 Å². The summed E-state index contributed by atoms with van der Waals surface area (Å²) in [7, 11) is 0. The normalized spacial score (nSPS) is 29.5. The topological polar surface area (TPSA) is 25.8 Å². The highest BCUT2D eigenvalue weighted by molar-refractivity contribution is 14.1. The summed E-state index contributed by atoms with van der Waals surface area (Å²) in [5.74, 6) is 1.51. The van der Waals surface area contributed by atoms with Gasteiger partial charge >= 0.3 is 0 Å². The Morgan fingerprint density at radius 2 is 2.33 bits per heavy atom. The summed E-state index contributed by atoms with van der Waals surface area (Å²) in [4.78, 5) is 4.44. The second-order valence-electron chi connectivity index (χ2n) is 3.42. The summed E-state index contributed by atoms with van der Waals surface area (Å²) in [6.07, 6.45) is 4.04. The minimum Gasteiger partial charge on any atom is -0.215 e. The molecule has 12 heavy (non-hydrogen) atoms. The third kappa shape index (κ3) is 1.64. The van der Waals surface area contributed by atoms with Crippen molar-refractivity contribution < 1.29 is 0 Å². The van der Waals surface area contributed by atoms with E-state index in [1.807, 2.05) is 0 Å². The molecule has 0 saturated heterocycles. The van der Waals surface area contributed by atoms with Gasteiger partial charge in [-0.15, -0.1) is 0 Å². The molecule has 0 radical (unpaired) electrons. The van der Waals surface area contributed by atoms with Crippen LogP contribution in [0.5, 0.6) is 0 Å². The van der Waals surface area contributed by atoms with Crippen molar-refractivity contribution in [2.75, 3.05) is 0 Å². The van der Waals surface area contributed by atoms with Crippen molar-refractivity contribution >= 4 is 34.1 Å². The first kappa shape index (κ1) is 8.87. The van der Waals surface area contributed by atoms with Crippen LogP contribution >= 0.6 is 34.1 Å². The van der Waals surface area contributed by atoms with Gasteiger partial charge < -0.3 is 0 Å². The molecule has 2 atom stereocenters. The fourth-order valence-corrected chi connectivity index (χ4v) is 3.42. The van der Waals surface area contributed by atoms with Crippen LogP contribution in [0.25, 0.3) is 0 Å². The van der Waals surface area contributed by atoms with Crippen LogP contribution < -0.4 is 0 Å². The fourth-order valence-electron chi connectivity index (χ4n) is 1.88. The molecule has 4 heteroatoms. The Balaban J connectivity index is 2.19. The van der Waals surface area contributed by atoms with Gasteiger partial charge in [0.1, 0.15) is 5.01 Å². The van der Waals surface area contributed by atoms with Gasteiger partial charge in [0, 0.05) is 28.5 Å². The smallest absolute Gasteiger partial charge is 0.203 e. The molecule has 1 saturated carbocycles. The predicted octanol–water partition coefficient (Wildman–Crippen LogP) is 3.05. The standard InChI is InChI=1S/C8H11IN2S/c1-5-3-2-4-6(5)7-10-8(9)11-12-7/h5-6H,2-4H2,1H3. The van der Waals surface area contributed by atoms with Gasteiger partial charge in [-0.2, -0.15) is 4.37 Å². The highest BCUT2D eigenvalue weighted by atomic mass is 127. The highest BCUT2D eigenvalue weighted by Gasteiger charge is 2.27. The minimum absolute atomic E-state index is 0.700. The van der Waals surface area contributed by atoms with Gasteiger partial charge in [-0.25, -0.2) is 4.98 Å². The van der Waals surface area contributed by atoms with E-state index in [2.05, 4.69) is 38.9 Å². The average Bonchev–Trinajstić information content (AvgIpc) is 2.58. The molecule has 1 aromatic rings. The van der Waals surface area contributed by atoms with Crippen molar-refractivity contribution in [3.05, 3.63) is 8.84 Å². The quantitative estimate of drug-likeness (QED) is 0.744. The SMILES string of the molecule is CC1CCCC1c1nc(I)ns1. The van der Waals surface area contributed by atoms with E-state index < -0.39 is 0 Å². The van der Waals surface area contributed by atoms with E-state index in [9.17, 15) is 0 Å². The Kier molecular flexibility index (Phi) is 2.64. The molecule has 0 amide bonds. The molecular weight excluding hydrogens is 283 g/mol. The van der Waals surface area contributed by atoms with Crippen LogP contribution in [0.2, 0.25) is 0 Å². The highest BCUT2D eigenvalue weighted by Crippen LogP contribution is 2.39. The summed E-state index contributed by atoms with van der Waals surface area (Å²) < 4.78 is 5.12. The average molecular weight is 294 g/mol. The molecule has 0 spiro atoms. The first-order valence-electron chi connectivity index (χ1n) is 4.26. The molecule has 0 bridgehead atoms. The lowest BCUT2D eigenvalue weighted by Gasteiger charge is -2.09. The van der Waals surface area contributed by atoms with Crippen LogP contribution in [0.1, 0.15) is 37.1 Å². The predicted molar refractivity (Wildman–Crippen MR) is 58.4 cm³/mol. The van der Waals surface area contributed by atoms with Crippen molar-refractivity contribution in [2.45, 2.75) is 32.1 Å². The van der Waals surface area contributed by atoms with Crippen LogP contribution in [0.3, 0.4) is 0 Å². The minimum atomic E-state index is 0.700. The van der Waals surface area contributed by atoms with Gasteiger partial charge in [0.2, 0.25) is 3.83 Å². The molecule has 0 aliphatic heterocycles. The van der Waals surface area contributed by atoms with Crippen molar-refractivity contribution in [3.63, 3.8) is 0 Å². The molecular formula is C8H11IN2S. The molecule has 1 aromatic heterocycles. The van der Waals surface area contributed by atoms with Gasteiger partial charge in [0.15, 0.2) is 0 Å². The Morgan fingerprint density at radius 1 is 1.50 bits per heavy atom. The molecule has 1 fully saturated rings. The maximum Gasteiger partial charge on any atom is 0.203 e. The van der Waals surface area contributed by atoms with Crippen LogP contribution in [0, 0.1) is 9.75 Å². The van der Waals surface area contributed by atoms with Crippen molar-refractivity contribution in [3.8, 4) is 0 Å². The second kappa shape index (κ2) is 3.57. The molecule has 2 rings (SSSR count). The maximum absolute atomic E-state index is 4.44. The molecule has 2 nitrogen and oxygen atoms in total. The first-order valence-corrected chi connectivity index (χ1v) is 6.11. The zero-order chi connectivity index (χ0) is 8.55. The largest absolute Gasteiger partial charge is 0.215 e. The van der Waals surface area contributed by atoms with E-state index in [1.165, 1.54) is 24.3 Å². The van der Waals surface area contributed by atoms with Crippen LogP contribution in [-0.4, -0.2) is 9.36 Å². The van der Waals surface area contributed by atoms with Gasteiger partial charge in [0.05, 0.1) is 0 Å².